The Bertz CT molecular complexity index is 952. The van der Waals surface area contributed by atoms with Gasteiger partial charge >= 0.3 is 0 Å². The first kappa shape index (κ1) is 20.4. The molecule has 0 radical (unpaired) electrons. The summed E-state index contributed by atoms with van der Waals surface area (Å²) < 4.78 is 27.3. The number of anilines is 1. The maximum Gasteiger partial charge on any atom is 0.261 e. The summed E-state index contributed by atoms with van der Waals surface area (Å²) in [5.41, 5.74) is 2.30. The third-order valence-electron chi connectivity index (χ3n) is 4.64. The molecule has 1 amide bonds. The van der Waals surface area contributed by atoms with E-state index in [1.807, 2.05) is 0 Å². The van der Waals surface area contributed by atoms with Gasteiger partial charge in [-0.25, -0.2) is 8.42 Å². The number of benzene rings is 2. The second kappa shape index (κ2) is 9.26. The van der Waals surface area contributed by atoms with E-state index in [0.29, 0.717) is 22.8 Å². The second-order valence-electron chi connectivity index (χ2n) is 6.75. The fourth-order valence-corrected chi connectivity index (χ4v) is 4.27. The van der Waals surface area contributed by atoms with Crippen LogP contribution in [0.2, 0.25) is 5.02 Å². The average molecular weight is 419 g/mol. The molecule has 0 aromatic heterocycles. The second-order valence-corrected chi connectivity index (χ2v) is 8.87. The summed E-state index contributed by atoms with van der Waals surface area (Å²) in [4.78, 5) is 12.4. The number of hydrogen-bond donors (Lipinski definition) is 2. The summed E-state index contributed by atoms with van der Waals surface area (Å²) in [6, 6.07) is 12.3. The van der Waals surface area contributed by atoms with Gasteiger partial charge in [0.2, 0.25) is 0 Å². The topological polar surface area (TPSA) is 75.3 Å². The van der Waals surface area contributed by atoms with Crippen molar-refractivity contribution >= 4 is 33.2 Å². The Morgan fingerprint density at radius 3 is 2.36 bits per heavy atom. The molecule has 0 atom stereocenters. The summed E-state index contributed by atoms with van der Waals surface area (Å²) in [7, 11) is -3.71. The average Bonchev–Trinajstić information content (AvgIpc) is 2.69. The van der Waals surface area contributed by atoms with Crippen LogP contribution in [0.1, 0.15) is 42.5 Å². The van der Waals surface area contributed by atoms with E-state index in [-0.39, 0.29) is 10.8 Å². The molecule has 2 aromatic rings. The molecule has 0 saturated carbocycles. The van der Waals surface area contributed by atoms with Crippen molar-refractivity contribution in [2.24, 2.45) is 0 Å². The van der Waals surface area contributed by atoms with Gasteiger partial charge in [0.05, 0.1) is 4.90 Å². The van der Waals surface area contributed by atoms with Crippen LogP contribution in [0.3, 0.4) is 0 Å². The van der Waals surface area contributed by atoms with Gasteiger partial charge in [0.1, 0.15) is 0 Å². The van der Waals surface area contributed by atoms with Gasteiger partial charge in [-0.1, -0.05) is 23.3 Å². The minimum absolute atomic E-state index is 0.121. The number of amides is 1. The Morgan fingerprint density at radius 1 is 1.00 bits per heavy atom. The van der Waals surface area contributed by atoms with Crippen molar-refractivity contribution < 1.29 is 13.2 Å². The first-order valence-corrected chi connectivity index (χ1v) is 11.1. The molecular formula is C21H23ClN2O3S. The molecule has 2 N–H and O–H groups in total. The fourth-order valence-electron chi connectivity index (χ4n) is 3.09. The van der Waals surface area contributed by atoms with Crippen molar-refractivity contribution in [3.05, 3.63) is 70.8 Å². The van der Waals surface area contributed by atoms with Crippen LogP contribution in [0, 0.1) is 0 Å². The lowest BCUT2D eigenvalue weighted by atomic mass is 9.97. The third kappa shape index (κ3) is 5.59. The molecule has 1 aliphatic carbocycles. The van der Waals surface area contributed by atoms with E-state index < -0.39 is 10.0 Å². The molecule has 1 aliphatic rings. The molecule has 0 spiro atoms. The van der Waals surface area contributed by atoms with Gasteiger partial charge in [-0.3, -0.25) is 9.52 Å². The number of rotatable bonds is 7. The molecule has 2 aromatic carbocycles. The van der Waals surface area contributed by atoms with E-state index in [0.717, 1.165) is 19.3 Å². The van der Waals surface area contributed by atoms with E-state index in [4.69, 9.17) is 11.6 Å². The van der Waals surface area contributed by atoms with Crippen molar-refractivity contribution in [2.75, 3.05) is 11.3 Å². The van der Waals surface area contributed by atoms with Gasteiger partial charge in [0.25, 0.3) is 15.9 Å². The molecule has 148 valence electrons. The van der Waals surface area contributed by atoms with E-state index in [1.165, 1.54) is 42.7 Å². The van der Waals surface area contributed by atoms with Gasteiger partial charge < -0.3 is 5.32 Å². The molecule has 3 rings (SSSR count). The molecule has 0 aliphatic heterocycles. The highest BCUT2D eigenvalue weighted by atomic mass is 35.5. The Labute approximate surface area is 170 Å². The van der Waals surface area contributed by atoms with Crippen LogP contribution in [0.5, 0.6) is 0 Å². The highest BCUT2D eigenvalue weighted by molar-refractivity contribution is 7.92. The van der Waals surface area contributed by atoms with Crippen LogP contribution in [-0.4, -0.2) is 20.9 Å². The van der Waals surface area contributed by atoms with Gasteiger partial charge in [0.15, 0.2) is 0 Å². The van der Waals surface area contributed by atoms with E-state index >= 15 is 0 Å². The van der Waals surface area contributed by atoms with Crippen LogP contribution < -0.4 is 10.0 Å². The lowest BCUT2D eigenvalue weighted by molar-refractivity contribution is 0.0954. The Hall–Kier alpha value is -2.31. The molecular weight excluding hydrogens is 396 g/mol. The SMILES string of the molecule is O=C(NCCC1=CCCCC1)c1ccc(NS(=O)(=O)c2ccc(Cl)cc2)cc1. The monoisotopic (exact) mass is 418 g/mol. The number of carbonyl (C=O) groups is 1. The summed E-state index contributed by atoms with van der Waals surface area (Å²) in [6.07, 6.45) is 7.90. The quantitative estimate of drug-likeness (QED) is 0.636. The smallest absolute Gasteiger partial charge is 0.261 e. The maximum atomic E-state index is 12.4. The predicted molar refractivity (Wildman–Crippen MR) is 112 cm³/mol. The highest BCUT2D eigenvalue weighted by Crippen LogP contribution is 2.20. The number of allylic oxidation sites excluding steroid dienone is 1. The normalized spacial score (nSPS) is 14.2. The zero-order chi connectivity index (χ0) is 20.0. The van der Waals surface area contributed by atoms with Crippen molar-refractivity contribution in [2.45, 2.75) is 37.0 Å². The molecule has 0 fully saturated rings. The minimum Gasteiger partial charge on any atom is -0.352 e. The third-order valence-corrected chi connectivity index (χ3v) is 6.29. The van der Waals surface area contributed by atoms with Gasteiger partial charge in [0, 0.05) is 22.8 Å². The van der Waals surface area contributed by atoms with Crippen molar-refractivity contribution in [3.8, 4) is 0 Å². The highest BCUT2D eigenvalue weighted by Gasteiger charge is 2.14. The standard InChI is InChI=1S/C21H23ClN2O3S/c22-18-8-12-20(13-9-18)28(26,27)24-19-10-6-17(7-11-19)21(25)23-15-14-16-4-2-1-3-5-16/h4,6-13,24H,1-3,5,14-15H2,(H,23,25). The van der Waals surface area contributed by atoms with Crippen molar-refractivity contribution in [1.29, 1.82) is 0 Å². The molecule has 0 bridgehead atoms. The molecule has 28 heavy (non-hydrogen) atoms. The van der Waals surface area contributed by atoms with Crippen molar-refractivity contribution in [1.82, 2.24) is 5.32 Å². The number of carbonyl (C=O) groups excluding carboxylic acids is 1. The number of nitrogens with one attached hydrogen (secondary N) is 2. The summed E-state index contributed by atoms with van der Waals surface area (Å²) in [6.45, 7) is 0.607. The number of sulfonamides is 1. The minimum atomic E-state index is -3.71. The first-order chi connectivity index (χ1) is 13.4. The Kier molecular flexibility index (Phi) is 6.75. The fraction of sp³-hybridized carbons (Fsp3) is 0.286. The van der Waals surface area contributed by atoms with Crippen LogP contribution in [-0.2, 0) is 10.0 Å². The summed E-state index contributed by atoms with van der Waals surface area (Å²) in [5, 5.41) is 3.38. The van der Waals surface area contributed by atoms with E-state index in [1.54, 1.807) is 24.3 Å². The zero-order valence-corrected chi connectivity index (χ0v) is 17.0. The molecule has 0 unspecified atom stereocenters. The van der Waals surface area contributed by atoms with Crippen LogP contribution in [0.15, 0.2) is 65.1 Å². The Morgan fingerprint density at radius 2 is 1.71 bits per heavy atom. The molecule has 0 heterocycles. The van der Waals surface area contributed by atoms with E-state index in [9.17, 15) is 13.2 Å². The first-order valence-electron chi connectivity index (χ1n) is 9.29. The zero-order valence-electron chi connectivity index (χ0n) is 15.4. The predicted octanol–water partition coefficient (Wildman–Crippen LogP) is 4.76. The summed E-state index contributed by atoms with van der Waals surface area (Å²) >= 11 is 5.79. The largest absolute Gasteiger partial charge is 0.352 e. The lowest BCUT2D eigenvalue weighted by Crippen LogP contribution is -2.24. The maximum absolute atomic E-state index is 12.4. The lowest BCUT2D eigenvalue weighted by Gasteiger charge is -2.13. The number of halogens is 1. The molecule has 7 heteroatoms. The van der Waals surface area contributed by atoms with Crippen LogP contribution >= 0.6 is 11.6 Å². The molecule has 0 saturated heterocycles. The van der Waals surface area contributed by atoms with Crippen molar-refractivity contribution in [3.63, 3.8) is 0 Å². The van der Waals surface area contributed by atoms with Crippen LogP contribution in [0.4, 0.5) is 5.69 Å². The van der Waals surface area contributed by atoms with Gasteiger partial charge in [-0.05, 0) is 80.6 Å². The Balaban J connectivity index is 1.55. The summed E-state index contributed by atoms with van der Waals surface area (Å²) in [5.74, 6) is -0.163. The molecule has 5 nitrogen and oxygen atoms in total. The van der Waals surface area contributed by atoms with E-state index in [2.05, 4.69) is 16.1 Å². The van der Waals surface area contributed by atoms with Crippen LogP contribution in [0.25, 0.3) is 0 Å². The van der Waals surface area contributed by atoms with Gasteiger partial charge in [-0.2, -0.15) is 0 Å². The number of hydrogen-bond acceptors (Lipinski definition) is 3. The van der Waals surface area contributed by atoms with Gasteiger partial charge in [-0.15, -0.1) is 0 Å².